The van der Waals surface area contributed by atoms with E-state index in [1.807, 2.05) is 18.2 Å². The van der Waals surface area contributed by atoms with E-state index in [1.165, 1.54) is 38.5 Å². The summed E-state index contributed by atoms with van der Waals surface area (Å²) in [4.78, 5) is 9.37. The van der Waals surface area contributed by atoms with E-state index in [0.717, 1.165) is 47.2 Å². The molecule has 136 valence electrons. The molecule has 1 saturated carbocycles. The molecule has 0 bridgehead atoms. The SMILES string of the molecule is COc1ccc2nc(CCCCCC3CCCC3C)c(OC)nc2c1. The average Bonchev–Trinajstić information content (AvgIpc) is 3.05. The summed E-state index contributed by atoms with van der Waals surface area (Å²) < 4.78 is 10.7. The Kier molecular flexibility index (Phi) is 6.11. The smallest absolute Gasteiger partial charge is 0.235 e. The Morgan fingerprint density at radius 2 is 1.88 bits per heavy atom. The van der Waals surface area contributed by atoms with E-state index in [9.17, 15) is 0 Å². The van der Waals surface area contributed by atoms with Crippen LogP contribution >= 0.6 is 0 Å². The molecule has 0 saturated heterocycles. The Balaban J connectivity index is 1.56. The van der Waals surface area contributed by atoms with Gasteiger partial charge in [0.1, 0.15) is 11.4 Å². The minimum Gasteiger partial charge on any atom is -0.497 e. The molecule has 1 fully saturated rings. The van der Waals surface area contributed by atoms with Gasteiger partial charge in [0, 0.05) is 6.07 Å². The van der Waals surface area contributed by atoms with Gasteiger partial charge in [0.2, 0.25) is 5.88 Å². The van der Waals surface area contributed by atoms with Crippen LogP contribution in [0.3, 0.4) is 0 Å². The second-order valence-electron chi connectivity index (χ2n) is 7.30. The number of hydrogen-bond donors (Lipinski definition) is 0. The molecule has 1 aromatic heterocycles. The van der Waals surface area contributed by atoms with Crippen molar-refractivity contribution in [1.82, 2.24) is 9.97 Å². The van der Waals surface area contributed by atoms with E-state index in [-0.39, 0.29) is 0 Å². The Morgan fingerprint density at radius 3 is 2.60 bits per heavy atom. The van der Waals surface area contributed by atoms with Crippen LogP contribution in [0.15, 0.2) is 18.2 Å². The molecule has 0 radical (unpaired) electrons. The first-order chi connectivity index (χ1) is 12.2. The van der Waals surface area contributed by atoms with E-state index < -0.39 is 0 Å². The Hall–Kier alpha value is -1.84. The normalized spacial score (nSPS) is 20.1. The molecule has 1 aliphatic rings. The van der Waals surface area contributed by atoms with Gasteiger partial charge in [-0.2, -0.15) is 0 Å². The van der Waals surface area contributed by atoms with Crippen molar-refractivity contribution in [2.75, 3.05) is 14.2 Å². The summed E-state index contributed by atoms with van der Waals surface area (Å²) >= 11 is 0. The van der Waals surface area contributed by atoms with Crippen LogP contribution in [0.5, 0.6) is 11.6 Å². The first-order valence-corrected chi connectivity index (χ1v) is 9.60. The van der Waals surface area contributed by atoms with Crippen molar-refractivity contribution in [2.45, 2.75) is 58.3 Å². The third-order valence-corrected chi connectivity index (χ3v) is 5.63. The lowest BCUT2D eigenvalue weighted by atomic mass is 9.92. The van der Waals surface area contributed by atoms with Crippen molar-refractivity contribution >= 4 is 11.0 Å². The standard InChI is InChI=1S/C21H30N2O2/c1-15-8-7-10-16(15)9-5-4-6-11-19-21(25-3)23-20-14-17(24-2)12-13-18(20)22-19/h12-16H,4-11H2,1-3H3. The van der Waals surface area contributed by atoms with Crippen LogP contribution in [-0.2, 0) is 6.42 Å². The van der Waals surface area contributed by atoms with E-state index >= 15 is 0 Å². The van der Waals surface area contributed by atoms with Gasteiger partial charge in [-0.1, -0.05) is 45.4 Å². The molecule has 2 aromatic rings. The molecule has 4 heteroatoms. The number of aromatic nitrogens is 2. The molecule has 3 rings (SSSR count). The number of methoxy groups -OCH3 is 2. The predicted molar refractivity (Wildman–Crippen MR) is 101 cm³/mol. The minimum absolute atomic E-state index is 0.644. The molecule has 1 heterocycles. The second kappa shape index (κ2) is 8.50. The van der Waals surface area contributed by atoms with Gasteiger partial charge < -0.3 is 9.47 Å². The van der Waals surface area contributed by atoms with Crippen molar-refractivity contribution in [3.8, 4) is 11.6 Å². The summed E-state index contributed by atoms with van der Waals surface area (Å²) in [5.41, 5.74) is 2.68. The van der Waals surface area contributed by atoms with Crippen molar-refractivity contribution in [3.05, 3.63) is 23.9 Å². The highest BCUT2D eigenvalue weighted by atomic mass is 16.5. The summed E-state index contributed by atoms with van der Waals surface area (Å²) in [6.45, 7) is 2.42. The van der Waals surface area contributed by atoms with Crippen LogP contribution in [0.25, 0.3) is 11.0 Å². The third-order valence-electron chi connectivity index (χ3n) is 5.63. The number of benzene rings is 1. The van der Waals surface area contributed by atoms with Crippen LogP contribution in [0.4, 0.5) is 0 Å². The number of aryl methyl sites for hydroxylation is 1. The van der Waals surface area contributed by atoms with Crippen molar-refractivity contribution in [1.29, 1.82) is 0 Å². The number of fused-ring (bicyclic) bond motifs is 1. The van der Waals surface area contributed by atoms with Crippen LogP contribution in [0, 0.1) is 11.8 Å². The summed E-state index contributed by atoms with van der Waals surface area (Å²) in [5, 5.41) is 0. The van der Waals surface area contributed by atoms with Crippen LogP contribution in [0.1, 0.15) is 57.6 Å². The molecule has 4 nitrogen and oxygen atoms in total. The van der Waals surface area contributed by atoms with Crippen molar-refractivity contribution < 1.29 is 9.47 Å². The Labute approximate surface area is 151 Å². The van der Waals surface area contributed by atoms with E-state index in [1.54, 1.807) is 14.2 Å². The monoisotopic (exact) mass is 342 g/mol. The van der Waals surface area contributed by atoms with Gasteiger partial charge in [0.25, 0.3) is 0 Å². The molecule has 0 spiro atoms. The average molecular weight is 342 g/mol. The fourth-order valence-corrected chi connectivity index (χ4v) is 4.03. The Morgan fingerprint density at radius 1 is 1.00 bits per heavy atom. The summed E-state index contributed by atoms with van der Waals surface area (Å²) in [7, 11) is 3.33. The van der Waals surface area contributed by atoms with E-state index in [2.05, 4.69) is 11.9 Å². The van der Waals surface area contributed by atoms with E-state index in [0.29, 0.717) is 5.88 Å². The molecule has 0 amide bonds. The van der Waals surface area contributed by atoms with Gasteiger partial charge >= 0.3 is 0 Å². The van der Waals surface area contributed by atoms with Crippen LogP contribution in [-0.4, -0.2) is 24.2 Å². The fraction of sp³-hybridized carbons (Fsp3) is 0.619. The molecule has 0 N–H and O–H groups in total. The summed E-state index contributed by atoms with van der Waals surface area (Å²) in [5.74, 6) is 3.33. The van der Waals surface area contributed by atoms with Gasteiger partial charge in [0.05, 0.1) is 25.3 Å². The van der Waals surface area contributed by atoms with Crippen LogP contribution in [0.2, 0.25) is 0 Å². The number of unbranched alkanes of at least 4 members (excludes halogenated alkanes) is 2. The van der Waals surface area contributed by atoms with Crippen molar-refractivity contribution in [3.63, 3.8) is 0 Å². The highest BCUT2D eigenvalue weighted by Crippen LogP contribution is 2.34. The largest absolute Gasteiger partial charge is 0.497 e. The summed E-state index contributed by atoms with van der Waals surface area (Å²) in [6.07, 6.45) is 10.4. The zero-order valence-corrected chi connectivity index (χ0v) is 15.8. The number of ether oxygens (including phenoxy) is 2. The highest BCUT2D eigenvalue weighted by Gasteiger charge is 2.22. The molecule has 2 atom stereocenters. The Bertz CT molecular complexity index is 702. The molecule has 2 unspecified atom stereocenters. The van der Waals surface area contributed by atoms with Gasteiger partial charge in [-0.05, 0) is 36.8 Å². The topological polar surface area (TPSA) is 44.2 Å². The molecular formula is C21H30N2O2. The van der Waals surface area contributed by atoms with Crippen LogP contribution < -0.4 is 9.47 Å². The lowest BCUT2D eigenvalue weighted by Gasteiger charge is -2.14. The van der Waals surface area contributed by atoms with E-state index in [4.69, 9.17) is 14.5 Å². The second-order valence-corrected chi connectivity index (χ2v) is 7.30. The number of nitrogens with zero attached hydrogens (tertiary/aromatic N) is 2. The minimum atomic E-state index is 0.644. The zero-order valence-electron chi connectivity index (χ0n) is 15.8. The first-order valence-electron chi connectivity index (χ1n) is 9.60. The lowest BCUT2D eigenvalue weighted by Crippen LogP contribution is -2.04. The van der Waals surface area contributed by atoms with Gasteiger partial charge in [-0.15, -0.1) is 0 Å². The highest BCUT2D eigenvalue weighted by molar-refractivity contribution is 5.76. The molecule has 0 aliphatic heterocycles. The predicted octanol–water partition coefficient (Wildman–Crippen LogP) is 5.19. The maximum Gasteiger partial charge on any atom is 0.235 e. The molecular weight excluding hydrogens is 312 g/mol. The maximum absolute atomic E-state index is 5.46. The number of rotatable bonds is 8. The quantitative estimate of drug-likeness (QED) is 0.620. The zero-order chi connectivity index (χ0) is 17.6. The maximum atomic E-state index is 5.46. The third kappa shape index (κ3) is 4.42. The molecule has 1 aromatic carbocycles. The first kappa shape index (κ1) is 18.0. The molecule has 1 aliphatic carbocycles. The van der Waals surface area contributed by atoms with Gasteiger partial charge in [-0.25, -0.2) is 9.97 Å². The number of hydrogen-bond acceptors (Lipinski definition) is 4. The van der Waals surface area contributed by atoms with Gasteiger partial charge in [-0.3, -0.25) is 0 Å². The fourth-order valence-electron chi connectivity index (χ4n) is 4.03. The molecule has 25 heavy (non-hydrogen) atoms. The van der Waals surface area contributed by atoms with Crippen molar-refractivity contribution in [2.24, 2.45) is 11.8 Å². The lowest BCUT2D eigenvalue weighted by molar-refractivity contribution is 0.373. The van der Waals surface area contributed by atoms with Gasteiger partial charge in [0.15, 0.2) is 0 Å². The summed E-state index contributed by atoms with van der Waals surface area (Å²) in [6, 6.07) is 5.79.